The lowest BCUT2D eigenvalue weighted by molar-refractivity contribution is 0.141. The van der Waals surface area contributed by atoms with Gasteiger partial charge < -0.3 is 5.11 Å². The molecule has 1 N–H and O–H groups in total. The van der Waals surface area contributed by atoms with E-state index >= 15 is 0 Å². The van der Waals surface area contributed by atoms with Gasteiger partial charge in [-0.2, -0.15) is 0 Å². The molecule has 0 saturated carbocycles. The number of hydrogen-bond acceptors (Lipinski definition) is 4. The molecule has 1 rings (SSSR count). The Kier molecular flexibility index (Phi) is 6.79. The minimum Gasteiger partial charge on any atom is -0.387 e. The zero-order chi connectivity index (χ0) is 13.5. The van der Waals surface area contributed by atoms with Gasteiger partial charge in [0.1, 0.15) is 0 Å². The van der Waals surface area contributed by atoms with Gasteiger partial charge in [0.05, 0.1) is 16.7 Å². The molecule has 0 aliphatic rings. The van der Waals surface area contributed by atoms with E-state index < -0.39 is 0 Å². The zero-order valence-electron chi connectivity index (χ0n) is 12.0. The fourth-order valence-electron chi connectivity index (χ4n) is 2.24. The van der Waals surface area contributed by atoms with Gasteiger partial charge in [-0.3, -0.25) is 0 Å². The van der Waals surface area contributed by atoms with Crippen molar-refractivity contribution in [2.45, 2.75) is 71.8 Å². The molecule has 18 heavy (non-hydrogen) atoms. The van der Waals surface area contributed by atoms with Crippen LogP contribution in [0.3, 0.4) is 0 Å². The van der Waals surface area contributed by atoms with Gasteiger partial charge in [0.15, 0.2) is 0 Å². The normalized spacial score (nSPS) is 15.0. The minimum absolute atomic E-state index is 0.337. The second-order valence-corrected chi connectivity index (χ2v) is 6.13. The molecule has 0 aromatic carbocycles. The first-order valence-corrected chi connectivity index (χ1v) is 7.87. The van der Waals surface area contributed by atoms with Crippen molar-refractivity contribution in [3.05, 3.63) is 10.6 Å². The van der Waals surface area contributed by atoms with Gasteiger partial charge in [0.2, 0.25) is 0 Å². The molecule has 0 radical (unpaired) electrons. The summed E-state index contributed by atoms with van der Waals surface area (Å²) in [6.45, 7) is 8.62. The average Bonchev–Trinajstić information content (AvgIpc) is 2.83. The second-order valence-electron chi connectivity index (χ2n) is 5.35. The van der Waals surface area contributed by atoms with E-state index in [1.807, 2.05) is 0 Å². The van der Waals surface area contributed by atoms with Crippen molar-refractivity contribution in [1.82, 2.24) is 9.59 Å². The Morgan fingerprint density at radius 2 is 2.00 bits per heavy atom. The number of rotatable bonds is 8. The van der Waals surface area contributed by atoms with Crippen LogP contribution in [-0.4, -0.2) is 14.7 Å². The molecule has 1 aromatic rings. The number of unbranched alkanes of at least 4 members (excludes halogenated alkanes) is 1. The number of aliphatic hydroxyl groups is 1. The number of aliphatic hydroxyl groups excluding tert-OH is 1. The number of hydrogen-bond donors (Lipinski definition) is 1. The van der Waals surface area contributed by atoms with Crippen LogP contribution in [0.15, 0.2) is 0 Å². The van der Waals surface area contributed by atoms with E-state index in [-0.39, 0.29) is 6.10 Å². The molecule has 1 aromatic heterocycles. The second kappa shape index (κ2) is 7.85. The Hall–Kier alpha value is -0.480. The Bertz CT molecular complexity index is 338. The quantitative estimate of drug-likeness (QED) is 0.766. The third-order valence-electron chi connectivity index (χ3n) is 3.49. The molecule has 4 heteroatoms. The Balaban J connectivity index is 2.62. The van der Waals surface area contributed by atoms with E-state index in [0.29, 0.717) is 11.8 Å². The molecule has 0 amide bonds. The summed E-state index contributed by atoms with van der Waals surface area (Å²) in [7, 11) is 0. The van der Waals surface area contributed by atoms with Crippen LogP contribution < -0.4 is 0 Å². The van der Waals surface area contributed by atoms with Crippen LogP contribution in [0.5, 0.6) is 0 Å². The molecule has 2 unspecified atom stereocenters. The fourth-order valence-corrected chi connectivity index (χ4v) is 3.04. The number of nitrogens with zero attached hydrogens (tertiary/aromatic N) is 2. The summed E-state index contributed by atoms with van der Waals surface area (Å²) < 4.78 is 3.99. The van der Waals surface area contributed by atoms with Crippen molar-refractivity contribution in [1.29, 1.82) is 0 Å². The Morgan fingerprint density at radius 1 is 1.28 bits per heavy atom. The van der Waals surface area contributed by atoms with Crippen molar-refractivity contribution >= 4 is 11.5 Å². The van der Waals surface area contributed by atoms with Gasteiger partial charge in [-0.1, -0.05) is 57.9 Å². The predicted octanol–water partition coefficient (Wildman–Crippen LogP) is 4.30. The molecule has 0 saturated heterocycles. The van der Waals surface area contributed by atoms with Gasteiger partial charge in [0, 0.05) is 0 Å². The largest absolute Gasteiger partial charge is 0.387 e. The first-order valence-electron chi connectivity index (χ1n) is 7.10. The Labute approximate surface area is 115 Å². The zero-order valence-corrected chi connectivity index (χ0v) is 12.8. The van der Waals surface area contributed by atoms with Crippen molar-refractivity contribution in [2.24, 2.45) is 5.92 Å². The van der Waals surface area contributed by atoms with Gasteiger partial charge in [-0.25, -0.2) is 0 Å². The van der Waals surface area contributed by atoms with Crippen molar-refractivity contribution < 1.29 is 5.11 Å². The van der Waals surface area contributed by atoms with Gasteiger partial charge in [-0.05, 0) is 29.8 Å². The fraction of sp³-hybridized carbons (Fsp3) is 0.857. The topological polar surface area (TPSA) is 46.0 Å². The molecule has 1 heterocycles. The third-order valence-corrected chi connectivity index (χ3v) is 4.33. The van der Waals surface area contributed by atoms with Crippen LogP contribution in [0, 0.1) is 5.92 Å². The molecule has 0 fully saturated rings. The van der Waals surface area contributed by atoms with E-state index in [1.54, 1.807) is 0 Å². The van der Waals surface area contributed by atoms with E-state index in [0.717, 1.165) is 23.4 Å². The maximum absolute atomic E-state index is 10.4. The molecule has 0 bridgehead atoms. The summed E-state index contributed by atoms with van der Waals surface area (Å²) in [5.41, 5.74) is 0.970. The first-order chi connectivity index (χ1) is 8.60. The lowest BCUT2D eigenvalue weighted by Gasteiger charge is -2.18. The standard InChI is InChI=1S/C14H26N2OS/c1-5-7-8-11(6-2)9-12(17)14-13(10(3)4)15-16-18-14/h10-12,17H,5-9H2,1-4H3. The van der Waals surface area contributed by atoms with Crippen molar-refractivity contribution in [3.63, 3.8) is 0 Å². The smallest absolute Gasteiger partial charge is 0.0919 e. The highest BCUT2D eigenvalue weighted by molar-refractivity contribution is 7.05. The highest BCUT2D eigenvalue weighted by Gasteiger charge is 2.21. The van der Waals surface area contributed by atoms with E-state index in [4.69, 9.17) is 0 Å². The molecular weight excluding hydrogens is 244 g/mol. The van der Waals surface area contributed by atoms with E-state index in [2.05, 4.69) is 37.3 Å². The van der Waals surface area contributed by atoms with Crippen molar-refractivity contribution in [2.75, 3.05) is 0 Å². The van der Waals surface area contributed by atoms with Crippen LogP contribution in [0.4, 0.5) is 0 Å². The van der Waals surface area contributed by atoms with Crippen LogP contribution in [-0.2, 0) is 0 Å². The molecule has 0 aliphatic heterocycles. The molecular formula is C14H26N2OS. The lowest BCUT2D eigenvalue weighted by Crippen LogP contribution is -2.08. The van der Waals surface area contributed by atoms with Gasteiger partial charge >= 0.3 is 0 Å². The summed E-state index contributed by atoms with van der Waals surface area (Å²) in [5.74, 6) is 0.950. The molecule has 0 spiro atoms. The van der Waals surface area contributed by atoms with E-state index in [9.17, 15) is 5.11 Å². The van der Waals surface area contributed by atoms with Gasteiger partial charge in [0.25, 0.3) is 0 Å². The predicted molar refractivity (Wildman–Crippen MR) is 76.9 cm³/mol. The molecule has 0 aliphatic carbocycles. The highest BCUT2D eigenvalue weighted by Crippen LogP contribution is 2.32. The van der Waals surface area contributed by atoms with Crippen molar-refractivity contribution in [3.8, 4) is 0 Å². The van der Waals surface area contributed by atoms with E-state index in [1.165, 1.54) is 30.8 Å². The summed E-state index contributed by atoms with van der Waals surface area (Å²) >= 11 is 1.35. The maximum atomic E-state index is 10.4. The van der Waals surface area contributed by atoms with Crippen LogP contribution in [0.1, 0.15) is 82.4 Å². The highest BCUT2D eigenvalue weighted by atomic mass is 32.1. The van der Waals surface area contributed by atoms with Gasteiger partial charge in [-0.15, -0.1) is 5.10 Å². The molecule has 104 valence electrons. The average molecular weight is 270 g/mol. The van der Waals surface area contributed by atoms with Crippen LogP contribution in [0.2, 0.25) is 0 Å². The third kappa shape index (κ3) is 4.32. The Morgan fingerprint density at radius 3 is 2.56 bits per heavy atom. The molecule has 3 nitrogen and oxygen atoms in total. The van der Waals surface area contributed by atoms with Crippen LogP contribution >= 0.6 is 11.5 Å². The maximum Gasteiger partial charge on any atom is 0.0919 e. The lowest BCUT2D eigenvalue weighted by atomic mass is 9.92. The van der Waals surface area contributed by atoms with Crippen LogP contribution in [0.25, 0.3) is 0 Å². The summed E-state index contributed by atoms with van der Waals surface area (Å²) in [4.78, 5) is 0.972. The summed E-state index contributed by atoms with van der Waals surface area (Å²) in [5, 5.41) is 14.5. The SMILES string of the molecule is CCCCC(CC)CC(O)c1snnc1C(C)C. The summed E-state index contributed by atoms with van der Waals surface area (Å²) in [6.07, 6.45) is 5.30. The number of aromatic nitrogens is 2. The first kappa shape index (κ1) is 15.6. The minimum atomic E-state index is -0.385. The monoisotopic (exact) mass is 270 g/mol. The summed E-state index contributed by atoms with van der Waals surface area (Å²) in [6, 6.07) is 0. The molecule has 2 atom stereocenters.